The van der Waals surface area contributed by atoms with Gasteiger partial charge in [-0.1, -0.05) is 54.9 Å². The van der Waals surface area contributed by atoms with Crippen molar-refractivity contribution in [2.75, 3.05) is 0 Å². The highest BCUT2D eigenvalue weighted by atomic mass is 79.9. The number of benzene rings is 1. The minimum absolute atomic E-state index is 0.134. The maximum atomic E-state index is 10.3. The van der Waals surface area contributed by atoms with Crippen LogP contribution in [0.3, 0.4) is 0 Å². The largest absolute Gasteiger partial charge is 0.393 e. The summed E-state index contributed by atoms with van der Waals surface area (Å²) in [6, 6.07) is 8.38. The van der Waals surface area contributed by atoms with Crippen molar-refractivity contribution in [1.29, 1.82) is 0 Å². The summed E-state index contributed by atoms with van der Waals surface area (Å²) in [6.45, 7) is 6.97. The van der Waals surface area contributed by atoms with Crippen LogP contribution in [0, 0.1) is 17.3 Å². The SMILES string of the molecule is CC(C)(C)C1CCC(O)C(Cc2ccccc2Br)C1. The molecule has 1 saturated carbocycles. The minimum atomic E-state index is -0.134. The molecule has 19 heavy (non-hydrogen) atoms. The summed E-state index contributed by atoms with van der Waals surface area (Å²) in [6.07, 6.45) is 4.11. The van der Waals surface area contributed by atoms with Crippen LogP contribution in [0.1, 0.15) is 45.6 Å². The van der Waals surface area contributed by atoms with Crippen LogP contribution >= 0.6 is 15.9 Å². The zero-order valence-electron chi connectivity index (χ0n) is 12.2. The fourth-order valence-corrected chi connectivity index (χ4v) is 3.65. The molecule has 3 unspecified atom stereocenters. The van der Waals surface area contributed by atoms with Gasteiger partial charge in [0.2, 0.25) is 0 Å². The molecule has 3 atom stereocenters. The van der Waals surface area contributed by atoms with Gasteiger partial charge in [0, 0.05) is 4.47 Å². The summed E-state index contributed by atoms with van der Waals surface area (Å²) in [5.74, 6) is 1.13. The third-order valence-corrected chi connectivity index (χ3v) is 5.38. The summed E-state index contributed by atoms with van der Waals surface area (Å²) in [4.78, 5) is 0. The summed E-state index contributed by atoms with van der Waals surface area (Å²) in [5.41, 5.74) is 1.67. The Hall–Kier alpha value is -0.340. The molecule has 1 N–H and O–H groups in total. The number of rotatable bonds is 2. The third kappa shape index (κ3) is 3.82. The molecule has 0 spiro atoms. The van der Waals surface area contributed by atoms with Gasteiger partial charge >= 0.3 is 0 Å². The molecule has 1 aromatic carbocycles. The summed E-state index contributed by atoms with van der Waals surface area (Å²) >= 11 is 3.62. The Morgan fingerprint density at radius 2 is 1.89 bits per heavy atom. The Morgan fingerprint density at radius 3 is 2.53 bits per heavy atom. The molecule has 0 aliphatic heterocycles. The zero-order chi connectivity index (χ0) is 14.0. The summed E-state index contributed by atoms with van der Waals surface area (Å²) < 4.78 is 1.17. The molecular weight excluding hydrogens is 300 g/mol. The molecule has 0 amide bonds. The molecule has 1 aliphatic rings. The molecule has 0 saturated heterocycles. The molecule has 106 valence electrons. The topological polar surface area (TPSA) is 20.2 Å². The zero-order valence-corrected chi connectivity index (χ0v) is 13.8. The summed E-state index contributed by atoms with van der Waals surface area (Å²) in [7, 11) is 0. The average molecular weight is 325 g/mol. The monoisotopic (exact) mass is 324 g/mol. The van der Waals surface area contributed by atoms with Crippen LogP contribution in [0.2, 0.25) is 0 Å². The Morgan fingerprint density at radius 1 is 1.21 bits per heavy atom. The Bertz CT molecular complexity index is 422. The molecule has 1 fully saturated rings. The quantitative estimate of drug-likeness (QED) is 0.827. The first-order valence-electron chi connectivity index (χ1n) is 7.29. The first kappa shape index (κ1) is 15.1. The second-order valence-corrected chi connectivity index (χ2v) is 7.85. The molecule has 0 heterocycles. The smallest absolute Gasteiger partial charge is 0.0571 e. The van der Waals surface area contributed by atoms with Crippen LogP contribution in [0.15, 0.2) is 28.7 Å². The highest BCUT2D eigenvalue weighted by molar-refractivity contribution is 9.10. The van der Waals surface area contributed by atoms with E-state index in [9.17, 15) is 5.11 Å². The molecule has 1 aliphatic carbocycles. The van der Waals surface area contributed by atoms with E-state index in [1.165, 1.54) is 10.0 Å². The van der Waals surface area contributed by atoms with E-state index in [1.807, 2.05) is 6.07 Å². The van der Waals surface area contributed by atoms with Crippen LogP contribution in [-0.4, -0.2) is 11.2 Å². The first-order valence-corrected chi connectivity index (χ1v) is 8.08. The van der Waals surface area contributed by atoms with Crippen LogP contribution in [-0.2, 0) is 6.42 Å². The van der Waals surface area contributed by atoms with Crippen LogP contribution in [0.25, 0.3) is 0 Å². The van der Waals surface area contributed by atoms with Crippen molar-refractivity contribution >= 4 is 15.9 Å². The second kappa shape index (κ2) is 5.97. The third-order valence-electron chi connectivity index (χ3n) is 4.61. The van der Waals surface area contributed by atoms with E-state index in [4.69, 9.17) is 0 Å². The van der Waals surface area contributed by atoms with Crippen molar-refractivity contribution in [1.82, 2.24) is 0 Å². The average Bonchev–Trinajstić information content (AvgIpc) is 2.33. The fourth-order valence-electron chi connectivity index (χ4n) is 3.20. The number of hydrogen-bond acceptors (Lipinski definition) is 1. The van der Waals surface area contributed by atoms with E-state index in [-0.39, 0.29) is 6.10 Å². The minimum Gasteiger partial charge on any atom is -0.393 e. The van der Waals surface area contributed by atoms with E-state index in [0.29, 0.717) is 11.3 Å². The predicted molar refractivity (Wildman–Crippen MR) is 84.1 cm³/mol. The van der Waals surface area contributed by atoms with Gasteiger partial charge < -0.3 is 5.11 Å². The number of halogens is 1. The number of aliphatic hydroxyl groups excluding tert-OH is 1. The van der Waals surface area contributed by atoms with Gasteiger partial charge in [-0.2, -0.15) is 0 Å². The van der Waals surface area contributed by atoms with Crippen LogP contribution in [0.4, 0.5) is 0 Å². The van der Waals surface area contributed by atoms with Crippen molar-refractivity contribution in [2.24, 2.45) is 17.3 Å². The van der Waals surface area contributed by atoms with Gasteiger partial charge in [0.1, 0.15) is 0 Å². The molecule has 2 rings (SSSR count). The molecule has 1 aromatic rings. The normalized spacial score (nSPS) is 28.4. The number of aliphatic hydroxyl groups is 1. The summed E-state index contributed by atoms with van der Waals surface area (Å²) in [5, 5.41) is 10.3. The lowest BCUT2D eigenvalue weighted by molar-refractivity contribution is 0.0196. The molecule has 0 radical (unpaired) electrons. The van der Waals surface area contributed by atoms with E-state index in [0.717, 1.165) is 31.6 Å². The van der Waals surface area contributed by atoms with Gasteiger partial charge in [0.05, 0.1) is 6.10 Å². The van der Waals surface area contributed by atoms with Crippen LogP contribution < -0.4 is 0 Å². The van der Waals surface area contributed by atoms with Gasteiger partial charge in [0.25, 0.3) is 0 Å². The molecule has 0 aromatic heterocycles. The molecular formula is C17H25BrO. The molecule has 1 nitrogen and oxygen atoms in total. The van der Waals surface area contributed by atoms with Gasteiger partial charge in [-0.3, -0.25) is 0 Å². The second-order valence-electron chi connectivity index (χ2n) is 7.00. The van der Waals surface area contributed by atoms with Crippen LogP contribution in [0.5, 0.6) is 0 Å². The Kier molecular flexibility index (Phi) is 4.73. The standard InChI is InChI=1S/C17H25BrO/c1-17(2,3)14-8-9-16(19)13(11-14)10-12-6-4-5-7-15(12)18/h4-7,13-14,16,19H,8-11H2,1-3H3. The van der Waals surface area contributed by atoms with Gasteiger partial charge in [0.15, 0.2) is 0 Å². The van der Waals surface area contributed by atoms with Gasteiger partial charge in [-0.25, -0.2) is 0 Å². The lowest BCUT2D eigenvalue weighted by atomic mass is 9.67. The van der Waals surface area contributed by atoms with E-state index in [1.54, 1.807) is 0 Å². The van der Waals surface area contributed by atoms with Crippen molar-refractivity contribution in [3.8, 4) is 0 Å². The van der Waals surface area contributed by atoms with Crippen molar-refractivity contribution in [3.05, 3.63) is 34.3 Å². The maximum absolute atomic E-state index is 10.3. The lowest BCUT2D eigenvalue weighted by Crippen LogP contribution is -2.35. The van der Waals surface area contributed by atoms with Gasteiger partial charge in [-0.15, -0.1) is 0 Å². The predicted octanol–water partition coefficient (Wildman–Crippen LogP) is 4.81. The van der Waals surface area contributed by atoms with Crippen molar-refractivity contribution < 1.29 is 5.11 Å². The maximum Gasteiger partial charge on any atom is 0.0571 e. The highest BCUT2D eigenvalue weighted by Crippen LogP contribution is 2.41. The van der Waals surface area contributed by atoms with Crippen molar-refractivity contribution in [3.63, 3.8) is 0 Å². The molecule has 2 heteroatoms. The van der Waals surface area contributed by atoms with Gasteiger partial charge in [-0.05, 0) is 54.6 Å². The van der Waals surface area contributed by atoms with E-state index < -0.39 is 0 Å². The van der Waals surface area contributed by atoms with Crippen molar-refractivity contribution in [2.45, 2.75) is 52.6 Å². The Labute approximate surface area is 125 Å². The number of hydrogen-bond donors (Lipinski definition) is 1. The molecule has 0 bridgehead atoms. The fraction of sp³-hybridized carbons (Fsp3) is 0.647. The highest BCUT2D eigenvalue weighted by Gasteiger charge is 2.35. The first-order chi connectivity index (χ1) is 8.88. The lowest BCUT2D eigenvalue weighted by Gasteiger charge is -2.40. The Balaban J connectivity index is 2.08. The van der Waals surface area contributed by atoms with E-state index >= 15 is 0 Å². The van der Waals surface area contributed by atoms with E-state index in [2.05, 4.69) is 54.9 Å².